The Morgan fingerprint density at radius 2 is 1.76 bits per heavy atom. The van der Waals surface area contributed by atoms with Gasteiger partial charge in [-0.05, 0) is 63.6 Å². The molecular formula is C19H29NO. The maximum Gasteiger partial charge on any atom is 0.120 e. The molecule has 1 rings (SSSR count). The summed E-state index contributed by atoms with van der Waals surface area (Å²) >= 11 is 0. The molecule has 0 spiro atoms. The molecule has 0 amide bonds. The zero-order valence-corrected chi connectivity index (χ0v) is 14.3. The first-order chi connectivity index (χ1) is 9.94. The topological polar surface area (TPSA) is 23.5 Å². The molecule has 0 saturated heterocycles. The quantitative estimate of drug-likeness (QED) is 0.745. The molecular weight excluding hydrogens is 258 g/mol. The second-order valence-corrected chi connectivity index (χ2v) is 5.53. The van der Waals surface area contributed by atoms with E-state index >= 15 is 0 Å². The van der Waals surface area contributed by atoms with Gasteiger partial charge in [0.2, 0.25) is 0 Å². The van der Waals surface area contributed by atoms with E-state index in [2.05, 4.69) is 58.6 Å². The van der Waals surface area contributed by atoms with Crippen molar-refractivity contribution in [3.63, 3.8) is 0 Å². The average molecular weight is 287 g/mol. The molecule has 2 heteroatoms. The molecule has 0 fully saturated rings. The van der Waals surface area contributed by atoms with Gasteiger partial charge in [-0.15, -0.1) is 0 Å². The second kappa shape index (κ2) is 8.04. The van der Waals surface area contributed by atoms with Crippen molar-refractivity contribution in [2.45, 2.75) is 48.1 Å². The molecule has 21 heavy (non-hydrogen) atoms. The number of aromatic hydroxyl groups is 1. The fraction of sp³-hybridized carbons (Fsp3) is 0.474. The third kappa shape index (κ3) is 4.47. The SMILES string of the molecule is CC=C(C)C(C)=C(C)c1ccc(CN(CC)CC)c(O)c1. The van der Waals surface area contributed by atoms with Crippen molar-refractivity contribution in [1.82, 2.24) is 4.90 Å². The van der Waals surface area contributed by atoms with Gasteiger partial charge in [0.25, 0.3) is 0 Å². The maximum atomic E-state index is 10.3. The summed E-state index contributed by atoms with van der Waals surface area (Å²) in [6.07, 6.45) is 2.12. The first kappa shape index (κ1) is 17.5. The number of phenolic OH excluding ortho intramolecular Hbond substituents is 1. The van der Waals surface area contributed by atoms with E-state index in [9.17, 15) is 5.11 Å². The van der Waals surface area contributed by atoms with Crippen molar-refractivity contribution in [2.75, 3.05) is 13.1 Å². The molecule has 0 unspecified atom stereocenters. The highest BCUT2D eigenvalue weighted by molar-refractivity contribution is 5.71. The van der Waals surface area contributed by atoms with Crippen molar-refractivity contribution in [2.24, 2.45) is 0 Å². The van der Waals surface area contributed by atoms with E-state index in [4.69, 9.17) is 0 Å². The van der Waals surface area contributed by atoms with Crippen LogP contribution < -0.4 is 0 Å². The van der Waals surface area contributed by atoms with Gasteiger partial charge in [0, 0.05) is 12.1 Å². The average Bonchev–Trinajstić information content (AvgIpc) is 2.51. The van der Waals surface area contributed by atoms with Gasteiger partial charge in [-0.25, -0.2) is 0 Å². The molecule has 1 aromatic carbocycles. The minimum atomic E-state index is 0.393. The molecule has 1 aromatic rings. The Kier molecular flexibility index (Phi) is 6.70. The van der Waals surface area contributed by atoms with E-state index in [0.29, 0.717) is 5.75 Å². The minimum absolute atomic E-state index is 0.393. The molecule has 2 nitrogen and oxygen atoms in total. The summed E-state index contributed by atoms with van der Waals surface area (Å²) in [5.41, 5.74) is 5.85. The number of benzene rings is 1. The van der Waals surface area contributed by atoms with E-state index < -0.39 is 0 Å². The number of allylic oxidation sites excluding steroid dienone is 4. The molecule has 0 aromatic heterocycles. The van der Waals surface area contributed by atoms with Gasteiger partial charge in [0.1, 0.15) is 5.75 Å². The first-order valence-electron chi connectivity index (χ1n) is 7.79. The highest BCUT2D eigenvalue weighted by Gasteiger charge is 2.09. The largest absolute Gasteiger partial charge is 0.508 e. The van der Waals surface area contributed by atoms with Gasteiger partial charge in [-0.2, -0.15) is 0 Å². The van der Waals surface area contributed by atoms with E-state index in [-0.39, 0.29) is 0 Å². The van der Waals surface area contributed by atoms with Crippen LogP contribution >= 0.6 is 0 Å². The zero-order valence-electron chi connectivity index (χ0n) is 14.3. The van der Waals surface area contributed by atoms with Gasteiger partial charge < -0.3 is 5.11 Å². The fourth-order valence-electron chi connectivity index (χ4n) is 2.35. The first-order valence-corrected chi connectivity index (χ1v) is 7.79. The van der Waals surface area contributed by atoms with Gasteiger partial charge in [-0.1, -0.05) is 37.6 Å². The molecule has 116 valence electrons. The van der Waals surface area contributed by atoms with Crippen LogP contribution in [0, 0.1) is 0 Å². The standard InChI is InChI=1S/C19H29NO/c1-7-14(4)15(5)16(6)17-10-11-18(19(21)12-17)13-20(8-2)9-3/h7,10-12,21H,8-9,13H2,1-6H3. The highest BCUT2D eigenvalue weighted by atomic mass is 16.3. The van der Waals surface area contributed by atoms with Crippen LogP contribution in [0.5, 0.6) is 5.75 Å². The number of phenols is 1. The van der Waals surface area contributed by atoms with E-state index in [0.717, 1.165) is 30.8 Å². The van der Waals surface area contributed by atoms with Crippen LogP contribution in [0.4, 0.5) is 0 Å². The Morgan fingerprint density at radius 1 is 1.14 bits per heavy atom. The lowest BCUT2D eigenvalue weighted by molar-refractivity contribution is 0.291. The van der Waals surface area contributed by atoms with Gasteiger partial charge in [-0.3, -0.25) is 4.90 Å². The lowest BCUT2D eigenvalue weighted by Gasteiger charge is -2.19. The van der Waals surface area contributed by atoms with Crippen LogP contribution in [-0.2, 0) is 6.54 Å². The van der Waals surface area contributed by atoms with Crippen molar-refractivity contribution in [1.29, 1.82) is 0 Å². The van der Waals surface area contributed by atoms with Crippen LogP contribution in [0.1, 0.15) is 52.7 Å². The van der Waals surface area contributed by atoms with Crippen molar-refractivity contribution >= 4 is 5.57 Å². The third-order valence-electron chi connectivity index (χ3n) is 4.39. The summed E-state index contributed by atoms with van der Waals surface area (Å²) in [6.45, 7) is 15.5. The Morgan fingerprint density at radius 3 is 2.24 bits per heavy atom. The van der Waals surface area contributed by atoms with E-state index in [1.54, 1.807) is 0 Å². The van der Waals surface area contributed by atoms with Gasteiger partial charge >= 0.3 is 0 Å². The highest BCUT2D eigenvalue weighted by Crippen LogP contribution is 2.28. The second-order valence-electron chi connectivity index (χ2n) is 5.53. The Balaban J connectivity index is 3.08. The summed E-state index contributed by atoms with van der Waals surface area (Å²) in [4.78, 5) is 2.30. The summed E-state index contributed by atoms with van der Waals surface area (Å²) in [5.74, 6) is 0.393. The fourth-order valence-corrected chi connectivity index (χ4v) is 2.35. The Labute approximate surface area is 129 Å². The smallest absolute Gasteiger partial charge is 0.120 e. The van der Waals surface area contributed by atoms with Crippen LogP contribution in [-0.4, -0.2) is 23.1 Å². The lowest BCUT2D eigenvalue weighted by Crippen LogP contribution is -2.22. The minimum Gasteiger partial charge on any atom is -0.508 e. The molecule has 0 saturated carbocycles. The Bertz CT molecular complexity index is 536. The maximum absolute atomic E-state index is 10.3. The molecule has 0 aliphatic heterocycles. The summed E-state index contributed by atoms with van der Waals surface area (Å²) < 4.78 is 0. The summed E-state index contributed by atoms with van der Waals surface area (Å²) in [5, 5.41) is 10.3. The number of rotatable bonds is 6. The molecule has 0 aliphatic carbocycles. The summed E-state index contributed by atoms with van der Waals surface area (Å²) in [6, 6.07) is 6.05. The Hall–Kier alpha value is -1.54. The van der Waals surface area contributed by atoms with Crippen LogP contribution in [0.15, 0.2) is 35.4 Å². The van der Waals surface area contributed by atoms with Crippen molar-refractivity contribution in [3.05, 3.63) is 46.5 Å². The lowest BCUT2D eigenvalue weighted by atomic mass is 9.96. The molecule has 0 bridgehead atoms. The third-order valence-corrected chi connectivity index (χ3v) is 4.39. The van der Waals surface area contributed by atoms with Gasteiger partial charge in [0.05, 0.1) is 0 Å². The normalized spacial score (nSPS) is 13.6. The monoisotopic (exact) mass is 287 g/mol. The molecule has 0 atom stereocenters. The van der Waals surface area contributed by atoms with Crippen molar-refractivity contribution < 1.29 is 5.11 Å². The van der Waals surface area contributed by atoms with Crippen LogP contribution in [0.25, 0.3) is 5.57 Å². The predicted octanol–water partition coefficient (Wildman–Crippen LogP) is 4.99. The zero-order chi connectivity index (χ0) is 16.0. The van der Waals surface area contributed by atoms with Gasteiger partial charge in [0.15, 0.2) is 0 Å². The molecule has 1 N–H and O–H groups in total. The van der Waals surface area contributed by atoms with Crippen LogP contribution in [0.2, 0.25) is 0 Å². The number of hydrogen-bond donors (Lipinski definition) is 1. The van der Waals surface area contributed by atoms with E-state index in [1.807, 2.05) is 12.1 Å². The van der Waals surface area contributed by atoms with Crippen LogP contribution in [0.3, 0.4) is 0 Å². The molecule has 0 aliphatic rings. The molecule has 0 radical (unpaired) electrons. The van der Waals surface area contributed by atoms with E-state index in [1.165, 1.54) is 16.7 Å². The summed E-state index contributed by atoms with van der Waals surface area (Å²) in [7, 11) is 0. The number of nitrogens with zero attached hydrogens (tertiary/aromatic N) is 1. The number of hydrogen-bond acceptors (Lipinski definition) is 2. The predicted molar refractivity (Wildman–Crippen MR) is 92.4 cm³/mol. The molecule has 0 heterocycles. The van der Waals surface area contributed by atoms with Crippen molar-refractivity contribution in [3.8, 4) is 5.75 Å².